The molecule has 1 aliphatic heterocycles. The van der Waals surface area contributed by atoms with Crippen molar-refractivity contribution in [3.63, 3.8) is 0 Å². The molecule has 112 valence electrons. The summed E-state index contributed by atoms with van der Waals surface area (Å²) >= 11 is 6.01. The van der Waals surface area contributed by atoms with E-state index in [0.29, 0.717) is 17.9 Å². The summed E-state index contributed by atoms with van der Waals surface area (Å²) in [6.07, 6.45) is 2.14. The Balaban J connectivity index is 2.13. The standard InChI is InChI=1S/C13H23ClN6/c1-4-6-15-12-16-11(14)17-13(18-12)20-8-7-19(3)10(5-2)9-20/h10H,4-9H2,1-3H3,(H,15,16,17,18). The van der Waals surface area contributed by atoms with E-state index in [-0.39, 0.29) is 5.28 Å². The zero-order valence-corrected chi connectivity index (χ0v) is 13.2. The van der Waals surface area contributed by atoms with Gasteiger partial charge in [-0.1, -0.05) is 13.8 Å². The number of aromatic nitrogens is 3. The van der Waals surface area contributed by atoms with Gasteiger partial charge in [0.25, 0.3) is 0 Å². The topological polar surface area (TPSA) is 57.2 Å². The summed E-state index contributed by atoms with van der Waals surface area (Å²) < 4.78 is 0. The van der Waals surface area contributed by atoms with Crippen molar-refractivity contribution in [1.29, 1.82) is 0 Å². The SMILES string of the molecule is CCCNc1nc(Cl)nc(N2CCN(C)C(CC)C2)n1. The second kappa shape index (κ2) is 7.04. The number of anilines is 2. The molecule has 0 aliphatic carbocycles. The van der Waals surface area contributed by atoms with Crippen LogP contribution in [0.4, 0.5) is 11.9 Å². The fourth-order valence-electron chi connectivity index (χ4n) is 2.37. The molecule has 1 unspecified atom stereocenters. The summed E-state index contributed by atoms with van der Waals surface area (Å²) in [5, 5.41) is 3.42. The number of halogens is 1. The minimum atomic E-state index is 0.251. The monoisotopic (exact) mass is 298 g/mol. The molecular weight excluding hydrogens is 276 g/mol. The van der Waals surface area contributed by atoms with E-state index in [1.54, 1.807) is 0 Å². The predicted octanol–water partition coefficient (Wildman–Crippen LogP) is 1.88. The van der Waals surface area contributed by atoms with Gasteiger partial charge in [-0.3, -0.25) is 4.90 Å². The van der Waals surface area contributed by atoms with Gasteiger partial charge >= 0.3 is 0 Å². The predicted molar refractivity (Wildman–Crippen MR) is 82.5 cm³/mol. The molecule has 0 radical (unpaired) electrons. The fraction of sp³-hybridized carbons (Fsp3) is 0.769. The molecule has 0 aromatic carbocycles. The third-order valence-electron chi connectivity index (χ3n) is 3.66. The molecule has 7 heteroatoms. The fourth-order valence-corrected chi connectivity index (χ4v) is 2.52. The average molecular weight is 299 g/mol. The maximum absolute atomic E-state index is 6.01. The highest BCUT2D eigenvalue weighted by Gasteiger charge is 2.25. The lowest BCUT2D eigenvalue weighted by atomic mass is 10.1. The number of rotatable bonds is 5. The van der Waals surface area contributed by atoms with Gasteiger partial charge in [0.05, 0.1) is 0 Å². The van der Waals surface area contributed by atoms with Crippen molar-refractivity contribution in [2.45, 2.75) is 32.7 Å². The van der Waals surface area contributed by atoms with Crippen molar-refractivity contribution in [1.82, 2.24) is 19.9 Å². The number of likely N-dealkylation sites (N-methyl/N-ethyl adjacent to an activating group) is 1. The van der Waals surface area contributed by atoms with Crippen molar-refractivity contribution >= 4 is 23.5 Å². The lowest BCUT2D eigenvalue weighted by molar-refractivity contribution is 0.212. The molecule has 1 aliphatic rings. The van der Waals surface area contributed by atoms with E-state index >= 15 is 0 Å². The van der Waals surface area contributed by atoms with Crippen LogP contribution in [0.15, 0.2) is 0 Å². The van der Waals surface area contributed by atoms with Crippen molar-refractivity contribution in [2.24, 2.45) is 0 Å². The van der Waals surface area contributed by atoms with Crippen molar-refractivity contribution in [3.05, 3.63) is 5.28 Å². The molecule has 1 N–H and O–H groups in total. The van der Waals surface area contributed by atoms with Gasteiger partial charge < -0.3 is 10.2 Å². The lowest BCUT2D eigenvalue weighted by Crippen LogP contribution is -2.51. The highest BCUT2D eigenvalue weighted by atomic mass is 35.5. The molecule has 20 heavy (non-hydrogen) atoms. The van der Waals surface area contributed by atoms with Gasteiger partial charge in [0, 0.05) is 32.2 Å². The average Bonchev–Trinajstić information content (AvgIpc) is 2.45. The quantitative estimate of drug-likeness (QED) is 0.896. The molecule has 1 fully saturated rings. The van der Waals surface area contributed by atoms with Crippen LogP contribution >= 0.6 is 11.6 Å². The van der Waals surface area contributed by atoms with Crippen LogP contribution in [-0.4, -0.2) is 59.1 Å². The van der Waals surface area contributed by atoms with Gasteiger partial charge in [-0.25, -0.2) is 0 Å². The van der Waals surface area contributed by atoms with E-state index in [0.717, 1.165) is 39.0 Å². The van der Waals surface area contributed by atoms with E-state index < -0.39 is 0 Å². The molecule has 1 aromatic rings. The number of piperazine rings is 1. The van der Waals surface area contributed by atoms with E-state index in [9.17, 15) is 0 Å². The Labute approximate surface area is 125 Å². The molecule has 0 amide bonds. The van der Waals surface area contributed by atoms with Crippen LogP contribution in [0.3, 0.4) is 0 Å². The third-order valence-corrected chi connectivity index (χ3v) is 3.83. The first kappa shape index (κ1) is 15.3. The molecule has 2 heterocycles. The summed E-state index contributed by atoms with van der Waals surface area (Å²) in [4.78, 5) is 17.4. The summed E-state index contributed by atoms with van der Waals surface area (Å²) in [5.74, 6) is 1.24. The Morgan fingerprint density at radius 2 is 2.05 bits per heavy atom. The van der Waals surface area contributed by atoms with Gasteiger partial charge in [0.2, 0.25) is 17.2 Å². The van der Waals surface area contributed by atoms with Crippen LogP contribution in [0.5, 0.6) is 0 Å². The van der Waals surface area contributed by atoms with Crippen molar-refractivity contribution in [2.75, 3.05) is 43.4 Å². The first-order chi connectivity index (χ1) is 9.63. The van der Waals surface area contributed by atoms with Gasteiger partial charge in [0.15, 0.2) is 0 Å². The number of nitrogens with zero attached hydrogens (tertiary/aromatic N) is 5. The number of nitrogens with one attached hydrogen (secondary N) is 1. The van der Waals surface area contributed by atoms with E-state index in [1.807, 2.05) is 0 Å². The lowest BCUT2D eigenvalue weighted by Gasteiger charge is -2.39. The molecule has 1 saturated heterocycles. The maximum atomic E-state index is 6.01. The third kappa shape index (κ3) is 3.70. The van der Waals surface area contributed by atoms with Crippen LogP contribution in [-0.2, 0) is 0 Å². The Bertz CT molecular complexity index is 441. The molecule has 2 rings (SSSR count). The van der Waals surface area contributed by atoms with Crippen LogP contribution in [0.1, 0.15) is 26.7 Å². The summed E-state index contributed by atoms with van der Waals surface area (Å²) in [6, 6.07) is 0.534. The smallest absolute Gasteiger partial charge is 0.231 e. The van der Waals surface area contributed by atoms with Crippen molar-refractivity contribution in [3.8, 4) is 0 Å². The number of hydrogen-bond donors (Lipinski definition) is 1. The Morgan fingerprint density at radius 3 is 2.75 bits per heavy atom. The van der Waals surface area contributed by atoms with Crippen LogP contribution in [0, 0.1) is 0 Å². The summed E-state index contributed by atoms with van der Waals surface area (Å²) in [7, 11) is 2.17. The molecule has 0 spiro atoms. The molecular formula is C13H23ClN6. The molecule has 0 bridgehead atoms. The second-order valence-electron chi connectivity index (χ2n) is 5.14. The van der Waals surface area contributed by atoms with Crippen LogP contribution < -0.4 is 10.2 Å². The van der Waals surface area contributed by atoms with Crippen LogP contribution in [0.2, 0.25) is 5.28 Å². The normalized spacial score (nSPS) is 20.2. The van der Waals surface area contributed by atoms with Gasteiger partial charge in [0.1, 0.15) is 0 Å². The maximum Gasteiger partial charge on any atom is 0.231 e. The molecule has 0 saturated carbocycles. The Hall–Kier alpha value is -1.14. The van der Waals surface area contributed by atoms with Gasteiger partial charge in [-0.15, -0.1) is 0 Å². The minimum Gasteiger partial charge on any atom is -0.354 e. The zero-order valence-electron chi connectivity index (χ0n) is 12.4. The highest BCUT2D eigenvalue weighted by Crippen LogP contribution is 2.18. The van der Waals surface area contributed by atoms with E-state index in [1.165, 1.54) is 0 Å². The second-order valence-corrected chi connectivity index (χ2v) is 5.48. The molecule has 1 aromatic heterocycles. The van der Waals surface area contributed by atoms with Crippen LogP contribution in [0.25, 0.3) is 0 Å². The van der Waals surface area contributed by atoms with E-state index in [4.69, 9.17) is 11.6 Å². The Morgan fingerprint density at radius 1 is 1.25 bits per heavy atom. The summed E-state index contributed by atoms with van der Waals surface area (Å²) in [6.45, 7) is 8.00. The Kier molecular flexibility index (Phi) is 5.37. The van der Waals surface area contributed by atoms with Crippen molar-refractivity contribution < 1.29 is 0 Å². The first-order valence-electron chi connectivity index (χ1n) is 7.24. The number of hydrogen-bond acceptors (Lipinski definition) is 6. The van der Waals surface area contributed by atoms with Gasteiger partial charge in [-0.05, 0) is 31.5 Å². The molecule has 6 nitrogen and oxygen atoms in total. The van der Waals surface area contributed by atoms with E-state index in [2.05, 4.69) is 51.0 Å². The van der Waals surface area contributed by atoms with Gasteiger partial charge in [-0.2, -0.15) is 15.0 Å². The zero-order chi connectivity index (χ0) is 14.5. The molecule has 1 atom stereocenters. The highest BCUT2D eigenvalue weighted by molar-refractivity contribution is 6.28. The first-order valence-corrected chi connectivity index (χ1v) is 7.62. The largest absolute Gasteiger partial charge is 0.354 e. The summed E-state index contributed by atoms with van der Waals surface area (Å²) in [5.41, 5.74) is 0. The minimum absolute atomic E-state index is 0.251.